The smallest absolute Gasteiger partial charge is 0.342 e. The van der Waals surface area contributed by atoms with E-state index in [1.165, 1.54) is 0 Å². The average molecular weight is 318 g/mol. The molecule has 0 spiro atoms. The maximum absolute atomic E-state index is 13.2. The van der Waals surface area contributed by atoms with E-state index in [0.717, 1.165) is 4.90 Å². The highest BCUT2D eigenvalue weighted by Gasteiger charge is 2.62. The zero-order chi connectivity index (χ0) is 15.9. The van der Waals surface area contributed by atoms with Crippen LogP contribution in [0.2, 0.25) is 0 Å². The van der Waals surface area contributed by atoms with Crippen molar-refractivity contribution in [1.29, 1.82) is 0 Å². The first-order valence-corrected chi connectivity index (χ1v) is 6.71. The van der Waals surface area contributed by atoms with Gasteiger partial charge in [-0.15, -0.1) is 0 Å². The standard InChI is InChI=1S/C12H16F6N2O/c13-11(14,15)8-1-5-20(6-2-8)9(21)10(12(16,17)18)3-4-19-7-10/h8,19H,1-7H2. The zero-order valence-electron chi connectivity index (χ0n) is 11.2. The Bertz CT molecular complexity index is 392. The van der Waals surface area contributed by atoms with Crippen molar-refractivity contribution in [3.63, 3.8) is 0 Å². The molecule has 2 fully saturated rings. The van der Waals surface area contributed by atoms with E-state index in [-0.39, 0.29) is 38.9 Å². The fourth-order valence-electron chi connectivity index (χ4n) is 2.95. The Kier molecular flexibility index (Phi) is 4.16. The Labute approximate surface area is 117 Å². The fourth-order valence-corrected chi connectivity index (χ4v) is 2.95. The van der Waals surface area contributed by atoms with Gasteiger partial charge >= 0.3 is 12.4 Å². The summed E-state index contributed by atoms with van der Waals surface area (Å²) in [7, 11) is 0. The highest BCUT2D eigenvalue weighted by atomic mass is 19.4. The number of carbonyl (C=O) groups is 1. The van der Waals surface area contributed by atoms with Crippen LogP contribution in [0, 0.1) is 11.3 Å². The summed E-state index contributed by atoms with van der Waals surface area (Å²) in [4.78, 5) is 13.1. The summed E-state index contributed by atoms with van der Waals surface area (Å²) in [6.45, 7) is -0.986. The molecule has 2 aliphatic heterocycles. The summed E-state index contributed by atoms with van der Waals surface area (Å²) in [6, 6.07) is 0. The molecule has 0 aromatic heterocycles. The van der Waals surface area contributed by atoms with Gasteiger partial charge in [0.15, 0.2) is 5.41 Å². The van der Waals surface area contributed by atoms with E-state index in [9.17, 15) is 31.1 Å². The molecule has 21 heavy (non-hydrogen) atoms. The van der Waals surface area contributed by atoms with Gasteiger partial charge in [-0.25, -0.2) is 0 Å². The molecule has 2 saturated heterocycles. The van der Waals surface area contributed by atoms with Gasteiger partial charge < -0.3 is 10.2 Å². The van der Waals surface area contributed by atoms with Crippen molar-refractivity contribution in [2.75, 3.05) is 26.2 Å². The van der Waals surface area contributed by atoms with Crippen LogP contribution in [0.4, 0.5) is 26.3 Å². The van der Waals surface area contributed by atoms with Crippen molar-refractivity contribution in [2.45, 2.75) is 31.6 Å². The molecule has 3 nitrogen and oxygen atoms in total. The Morgan fingerprint density at radius 1 is 1.10 bits per heavy atom. The van der Waals surface area contributed by atoms with Crippen molar-refractivity contribution in [2.24, 2.45) is 11.3 Å². The lowest BCUT2D eigenvalue weighted by Gasteiger charge is -2.39. The predicted octanol–water partition coefficient (Wildman–Crippen LogP) is 2.33. The summed E-state index contributed by atoms with van der Waals surface area (Å²) in [5, 5.41) is 2.53. The van der Waals surface area contributed by atoms with Gasteiger partial charge in [-0.05, 0) is 25.8 Å². The first-order chi connectivity index (χ1) is 9.58. The van der Waals surface area contributed by atoms with E-state index >= 15 is 0 Å². The molecule has 122 valence electrons. The van der Waals surface area contributed by atoms with Gasteiger partial charge in [0, 0.05) is 19.6 Å². The van der Waals surface area contributed by atoms with Gasteiger partial charge in [0.25, 0.3) is 0 Å². The number of likely N-dealkylation sites (tertiary alicyclic amines) is 1. The number of rotatable bonds is 1. The summed E-state index contributed by atoms with van der Waals surface area (Å²) in [5.74, 6) is -2.63. The maximum Gasteiger partial charge on any atom is 0.404 e. The number of hydrogen-bond acceptors (Lipinski definition) is 2. The van der Waals surface area contributed by atoms with E-state index < -0.39 is 36.1 Å². The zero-order valence-corrected chi connectivity index (χ0v) is 11.2. The third kappa shape index (κ3) is 2.97. The van der Waals surface area contributed by atoms with Crippen LogP contribution in [0.1, 0.15) is 19.3 Å². The van der Waals surface area contributed by atoms with Gasteiger partial charge in [0.05, 0.1) is 5.92 Å². The lowest BCUT2D eigenvalue weighted by Crippen LogP contribution is -2.55. The molecule has 1 amide bonds. The molecule has 0 bridgehead atoms. The second-order valence-electron chi connectivity index (χ2n) is 5.61. The van der Waals surface area contributed by atoms with Crippen LogP contribution in [0.15, 0.2) is 0 Å². The van der Waals surface area contributed by atoms with Crippen molar-refractivity contribution in [3.05, 3.63) is 0 Å². The van der Waals surface area contributed by atoms with Crippen LogP contribution >= 0.6 is 0 Å². The second kappa shape index (κ2) is 5.33. The minimum absolute atomic E-state index is 0.0737. The number of alkyl halides is 6. The molecule has 0 radical (unpaired) electrons. The summed E-state index contributed by atoms with van der Waals surface area (Å²) in [6.07, 6.45) is -10.1. The lowest BCUT2D eigenvalue weighted by atomic mass is 9.83. The monoisotopic (exact) mass is 318 g/mol. The van der Waals surface area contributed by atoms with Crippen LogP contribution in [0.5, 0.6) is 0 Å². The number of amides is 1. The molecular weight excluding hydrogens is 302 g/mol. The highest BCUT2D eigenvalue weighted by molar-refractivity contribution is 5.84. The predicted molar refractivity (Wildman–Crippen MR) is 61.3 cm³/mol. The molecule has 1 N–H and O–H groups in total. The van der Waals surface area contributed by atoms with Gasteiger partial charge in [0.1, 0.15) is 0 Å². The van der Waals surface area contributed by atoms with Crippen LogP contribution in [-0.2, 0) is 4.79 Å². The van der Waals surface area contributed by atoms with E-state index in [1.54, 1.807) is 0 Å². The van der Waals surface area contributed by atoms with Crippen molar-refractivity contribution in [3.8, 4) is 0 Å². The minimum Gasteiger partial charge on any atom is -0.342 e. The molecule has 0 aromatic carbocycles. The molecule has 1 atom stereocenters. The summed E-state index contributed by atoms with van der Waals surface area (Å²) >= 11 is 0. The van der Waals surface area contributed by atoms with Gasteiger partial charge in [-0.2, -0.15) is 26.3 Å². The van der Waals surface area contributed by atoms with Gasteiger partial charge in [-0.3, -0.25) is 4.79 Å². The van der Waals surface area contributed by atoms with Crippen LogP contribution in [-0.4, -0.2) is 49.3 Å². The molecule has 0 aliphatic carbocycles. The highest BCUT2D eigenvalue weighted by Crippen LogP contribution is 2.45. The van der Waals surface area contributed by atoms with Gasteiger partial charge in [0.2, 0.25) is 5.91 Å². The molecule has 2 heterocycles. The summed E-state index contributed by atoms with van der Waals surface area (Å²) < 4.78 is 77.3. The number of carbonyl (C=O) groups excluding carboxylic acids is 1. The SMILES string of the molecule is O=C(N1CCC(C(F)(F)F)CC1)C1(C(F)(F)F)CCNC1. The Balaban J connectivity index is 2.07. The van der Waals surface area contributed by atoms with Crippen molar-refractivity contribution < 1.29 is 31.1 Å². The Hall–Kier alpha value is -0.990. The topological polar surface area (TPSA) is 32.3 Å². The van der Waals surface area contributed by atoms with Crippen LogP contribution in [0.25, 0.3) is 0 Å². The number of nitrogens with zero attached hydrogens (tertiary/aromatic N) is 1. The lowest BCUT2D eigenvalue weighted by molar-refractivity contribution is -0.225. The van der Waals surface area contributed by atoms with Crippen molar-refractivity contribution >= 4 is 5.91 Å². The second-order valence-corrected chi connectivity index (χ2v) is 5.61. The number of hydrogen-bond donors (Lipinski definition) is 1. The Morgan fingerprint density at radius 3 is 2.05 bits per heavy atom. The molecule has 1 unspecified atom stereocenters. The first-order valence-electron chi connectivity index (χ1n) is 6.71. The Morgan fingerprint density at radius 2 is 1.67 bits per heavy atom. The van der Waals surface area contributed by atoms with E-state index in [1.807, 2.05) is 0 Å². The van der Waals surface area contributed by atoms with Crippen LogP contribution in [0.3, 0.4) is 0 Å². The third-order valence-corrected chi connectivity index (χ3v) is 4.35. The number of nitrogens with one attached hydrogen (secondary N) is 1. The molecule has 0 saturated carbocycles. The first kappa shape index (κ1) is 16.4. The molecular formula is C12H16F6N2O. The quantitative estimate of drug-likeness (QED) is 0.753. The van der Waals surface area contributed by atoms with Crippen LogP contribution < -0.4 is 5.32 Å². The number of halogens is 6. The van der Waals surface area contributed by atoms with E-state index in [4.69, 9.17) is 0 Å². The van der Waals surface area contributed by atoms with Crippen molar-refractivity contribution in [1.82, 2.24) is 10.2 Å². The minimum atomic E-state index is -4.70. The summed E-state index contributed by atoms with van der Waals surface area (Å²) in [5.41, 5.74) is -2.49. The fraction of sp³-hybridized carbons (Fsp3) is 0.917. The molecule has 2 aliphatic rings. The van der Waals surface area contributed by atoms with E-state index in [2.05, 4.69) is 5.32 Å². The molecule has 0 aromatic rings. The van der Waals surface area contributed by atoms with E-state index in [0.29, 0.717) is 0 Å². The third-order valence-electron chi connectivity index (χ3n) is 4.35. The van der Waals surface area contributed by atoms with Gasteiger partial charge in [-0.1, -0.05) is 0 Å². The molecule has 9 heteroatoms. The number of piperidine rings is 1. The average Bonchev–Trinajstić information content (AvgIpc) is 2.87. The maximum atomic E-state index is 13.2. The largest absolute Gasteiger partial charge is 0.404 e. The normalized spacial score (nSPS) is 29.0. The molecule has 2 rings (SSSR count).